The first-order chi connectivity index (χ1) is 13.8. The molecule has 1 saturated carbocycles. The SMILES string of the molecule is CCCCC(C)CC=C(O)[C@H]1[C@H](CC(=O)O)[C@H](O)C[C@H]1OC(=O)c1ccccc1. The van der Waals surface area contributed by atoms with Crippen LogP contribution in [-0.4, -0.2) is 39.5 Å². The summed E-state index contributed by atoms with van der Waals surface area (Å²) < 4.78 is 5.59. The van der Waals surface area contributed by atoms with Gasteiger partial charge in [-0.25, -0.2) is 4.79 Å². The molecule has 160 valence electrons. The number of aliphatic carboxylic acids is 1. The molecule has 6 heteroatoms. The van der Waals surface area contributed by atoms with Crippen LogP contribution >= 0.6 is 0 Å². The number of hydrogen-bond acceptors (Lipinski definition) is 5. The standard InChI is InChI=1S/C23H32O6/c1-3-4-8-15(2)11-12-18(24)22-17(13-21(26)27)19(25)14-20(22)29-23(28)16-9-6-5-7-10-16/h5-7,9-10,12,15,17,19-20,22,24-25H,3-4,8,11,13-14H2,1-2H3,(H,26,27)/t15?,17-,19-,20-,22-/m1/s1. The lowest BCUT2D eigenvalue weighted by Gasteiger charge is -2.24. The van der Waals surface area contributed by atoms with E-state index in [1.165, 1.54) is 0 Å². The van der Waals surface area contributed by atoms with Gasteiger partial charge in [-0.05, 0) is 30.5 Å². The molecule has 0 aromatic heterocycles. The Morgan fingerprint density at radius 1 is 1.24 bits per heavy atom. The van der Waals surface area contributed by atoms with Crippen LogP contribution in [0.1, 0.15) is 62.7 Å². The van der Waals surface area contributed by atoms with E-state index < -0.39 is 36.0 Å². The van der Waals surface area contributed by atoms with Gasteiger partial charge in [0.25, 0.3) is 0 Å². The molecule has 1 fully saturated rings. The summed E-state index contributed by atoms with van der Waals surface area (Å²) in [6.07, 6.45) is 3.67. The summed E-state index contributed by atoms with van der Waals surface area (Å²) in [6, 6.07) is 8.49. The lowest BCUT2D eigenvalue weighted by Crippen LogP contribution is -2.29. The first-order valence-electron chi connectivity index (χ1n) is 10.4. The maximum atomic E-state index is 12.5. The van der Waals surface area contributed by atoms with Gasteiger partial charge in [-0.2, -0.15) is 0 Å². The number of unbranched alkanes of at least 4 members (excludes halogenated alkanes) is 1. The molecule has 1 aliphatic carbocycles. The van der Waals surface area contributed by atoms with E-state index in [0.717, 1.165) is 19.3 Å². The van der Waals surface area contributed by atoms with Crippen molar-refractivity contribution in [2.45, 2.75) is 64.6 Å². The Morgan fingerprint density at radius 2 is 1.93 bits per heavy atom. The summed E-state index contributed by atoms with van der Waals surface area (Å²) >= 11 is 0. The maximum Gasteiger partial charge on any atom is 0.338 e. The van der Waals surface area contributed by atoms with Crippen LogP contribution in [0.15, 0.2) is 42.2 Å². The van der Waals surface area contributed by atoms with Crippen molar-refractivity contribution in [1.82, 2.24) is 0 Å². The summed E-state index contributed by atoms with van der Waals surface area (Å²) in [5, 5.41) is 30.4. The average Bonchev–Trinajstić information content (AvgIpc) is 2.99. The molecular weight excluding hydrogens is 372 g/mol. The van der Waals surface area contributed by atoms with Crippen molar-refractivity contribution >= 4 is 11.9 Å². The zero-order chi connectivity index (χ0) is 21.4. The second kappa shape index (κ2) is 11.0. The predicted octanol–water partition coefficient (Wildman–Crippen LogP) is 4.34. The van der Waals surface area contributed by atoms with Gasteiger partial charge in [0.15, 0.2) is 0 Å². The third-order valence-electron chi connectivity index (χ3n) is 5.63. The van der Waals surface area contributed by atoms with Crippen LogP contribution < -0.4 is 0 Å². The fraction of sp³-hybridized carbons (Fsp3) is 0.565. The zero-order valence-corrected chi connectivity index (χ0v) is 17.2. The van der Waals surface area contributed by atoms with E-state index >= 15 is 0 Å². The van der Waals surface area contributed by atoms with E-state index in [2.05, 4.69) is 13.8 Å². The van der Waals surface area contributed by atoms with Crippen LogP contribution in [0.4, 0.5) is 0 Å². The molecule has 0 heterocycles. The van der Waals surface area contributed by atoms with E-state index in [0.29, 0.717) is 17.9 Å². The number of esters is 1. The predicted molar refractivity (Wildman–Crippen MR) is 110 cm³/mol. The molecule has 29 heavy (non-hydrogen) atoms. The third-order valence-corrected chi connectivity index (χ3v) is 5.63. The monoisotopic (exact) mass is 404 g/mol. The van der Waals surface area contributed by atoms with Gasteiger partial charge in [-0.3, -0.25) is 4.79 Å². The maximum absolute atomic E-state index is 12.5. The van der Waals surface area contributed by atoms with Gasteiger partial charge in [0.1, 0.15) is 6.10 Å². The average molecular weight is 405 g/mol. The van der Waals surface area contributed by atoms with E-state index in [1.807, 2.05) is 0 Å². The molecule has 1 unspecified atom stereocenters. The number of aliphatic hydroxyl groups excluding tert-OH is 2. The van der Waals surface area contributed by atoms with Gasteiger partial charge in [-0.15, -0.1) is 0 Å². The fourth-order valence-corrected chi connectivity index (χ4v) is 3.98. The van der Waals surface area contributed by atoms with Crippen LogP contribution in [-0.2, 0) is 9.53 Å². The fourth-order valence-electron chi connectivity index (χ4n) is 3.98. The number of carbonyl (C=O) groups excluding carboxylic acids is 1. The molecule has 1 aliphatic rings. The van der Waals surface area contributed by atoms with Gasteiger partial charge in [0, 0.05) is 12.3 Å². The molecule has 0 radical (unpaired) electrons. The summed E-state index contributed by atoms with van der Waals surface area (Å²) in [6.45, 7) is 4.23. The number of benzene rings is 1. The molecule has 0 amide bonds. The van der Waals surface area contributed by atoms with E-state index in [1.54, 1.807) is 36.4 Å². The molecule has 5 atom stereocenters. The second-order valence-electron chi connectivity index (χ2n) is 8.01. The Morgan fingerprint density at radius 3 is 2.55 bits per heavy atom. The van der Waals surface area contributed by atoms with Crippen molar-refractivity contribution in [2.24, 2.45) is 17.8 Å². The highest BCUT2D eigenvalue weighted by molar-refractivity contribution is 5.89. The Labute approximate surface area is 172 Å². The summed E-state index contributed by atoms with van der Waals surface area (Å²) in [7, 11) is 0. The van der Waals surface area contributed by atoms with Crippen molar-refractivity contribution in [1.29, 1.82) is 0 Å². The third kappa shape index (κ3) is 6.60. The van der Waals surface area contributed by atoms with Crippen LogP contribution in [0.2, 0.25) is 0 Å². The van der Waals surface area contributed by atoms with Crippen LogP contribution in [0, 0.1) is 17.8 Å². The summed E-state index contributed by atoms with van der Waals surface area (Å²) in [5.41, 5.74) is 0.374. The van der Waals surface area contributed by atoms with Gasteiger partial charge in [0.2, 0.25) is 0 Å². The number of ether oxygens (including phenoxy) is 1. The van der Waals surface area contributed by atoms with Crippen molar-refractivity contribution in [3.8, 4) is 0 Å². The van der Waals surface area contributed by atoms with E-state index in [-0.39, 0.29) is 18.6 Å². The van der Waals surface area contributed by atoms with Crippen molar-refractivity contribution < 1.29 is 29.6 Å². The molecule has 6 nitrogen and oxygen atoms in total. The number of allylic oxidation sites excluding steroid dienone is 1. The highest BCUT2D eigenvalue weighted by atomic mass is 16.5. The number of rotatable bonds is 10. The lowest BCUT2D eigenvalue weighted by atomic mass is 9.87. The minimum atomic E-state index is -1.06. The molecular formula is C23H32O6. The molecule has 1 aromatic rings. The Balaban J connectivity index is 2.17. The minimum absolute atomic E-state index is 0.00186. The normalized spacial score (nSPS) is 25.6. The Kier molecular flexibility index (Phi) is 8.70. The lowest BCUT2D eigenvalue weighted by molar-refractivity contribution is -0.139. The van der Waals surface area contributed by atoms with Gasteiger partial charge < -0.3 is 20.1 Å². The summed E-state index contributed by atoms with van der Waals surface area (Å²) in [5.74, 6) is -2.66. The number of carboxylic acids is 1. The molecule has 0 aliphatic heterocycles. The number of carboxylic acid groups (broad SMARTS) is 1. The molecule has 0 bridgehead atoms. The highest BCUT2D eigenvalue weighted by Gasteiger charge is 2.47. The van der Waals surface area contributed by atoms with Crippen LogP contribution in [0.3, 0.4) is 0 Å². The first-order valence-corrected chi connectivity index (χ1v) is 10.4. The first kappa shape index (κ1) is 22.9. The molecule has 0 saturated heterocycles. The minimum Gasteiger partial charge on any atom is -0.512 e. The highest BCUT2D eigenvalue weighted by Crippen LogP contribution is 2.41. The quantitative estimate of drug-likeness (QED) is 0.396. The van der Waals surface area contributed by atoms with Gasteiger partial charge >= 0.3 is 11.9 Å². The zero-order valence-electron chi connectivity index (χ0n) is 17.2. The number of carbonyl (C=O) groups is 2. The molecule has 2 rings (SSSR count). The van der Waals surface area contributed by atoms with Crippen molar-refractivity contribution in [3.05, 3.63) is 47.7 Å². The van der Waals surface area contributed by atoms with E-state index in [9.17, 15) is 24.9 Å². The largest absolute Gasteiger partial charge is 0.512 e. The van der Waals surface area contributed by atoms with E-state index in [4.69, 9.17) is 4.74 Å². The Bertz CT molecular complexity index is 699. The van der Waals surface area contributed by atoms with Crippen LogP contribution in [0.25, 0.3) is 0 Å². The van der Waals surface area contributed by atoms with Crippen molar-refractivity contribution in [2.75, 3.05) is 0 Å². The molecule has 3 N–H and O–H groups in total. The van der Waals surface area contributed by atoms with Crippen LogP contribution in [0.5, 0.6) is 0 Å². The Hall–Kier alpha value is -2.34. The smallest absolute Gasteiger partial charge is 0.338 e. The molecule has 0 spiro atoms. The van der Waals surface area contributed by atoms with Gasteiger partial charge in [0.05, 0.1) is 29.8 Å². The van der Waals surface area contributed by atoms with Gasteiger partial charge in [-0.1, -0.05) is 51.3 Å². The summed E-state index contributed by atoms with van der Waals surface area (Å²) in [4.78, 5) is 23.8. The topological polar surface area (TPSA) is 104 Å². The van der Waals surface area contributed by atoms with Crippen molar-refractivity contribution in [3.63, 3.8) is 0 Å². The number of aliphatic hydroxyl groups is 2. The molecule has 1 aromatic carbocycles. The second-order valence-corrected chi connectivity index (χ2v) is 8.01. The number of hydrogen-bond donors (Lipinski definition) is 3.